The van der Waals surface area contributed by atoms with Crippen molar-refractivity contribution < 1.29 is 9.13 Å². The number of ether oxygens (including phenoxy) is 1. The zero-order chi connectivity index (χ0) is 13.8. The zero-order valence-corrected chi connectivity index (χ0v) is 11.1. The quantitative estimate of drug-likeness (QED) is 0.859. The molecule has 0 saturated heterocycles. The average Bonchev–Trinajstić information content (AvgIpc) is 2.41. The van der Waals surface area contributed by atoms with Gasteiger partial charge in [-0.05, 0) is 29.8 Å². The third kappa shape index (κ3) is 3.16. The summed E-state index contributed by atoms with van der Waals surface area (Å²) in [7, 11) is 3.37. The van der Waals surface area contributed by atoms with Gasteiger partial charge >= 0.3 is 0 Å². The first-order valence-corrected chi connectivity index (χ1v) is 5.99. The lowest BCUT2D eigenvalue weighted by Gasteiger charge is -2.20. The van der Waals surface area contributed by atoms with Gasteiger partial charge < -0.3 is 15.4 Å². The third-order valence-electron chi connectivity index (χ3n) is 2.98. The largest absolute Gasteiger partial charge is 0.494 e. The van der Waals surface area contributed by atoms with Crippen LogP contribution in [0.2, 0.25) is 0 Å². The highest BCUT2D eigenvalue weighted by molar-refractivity contribution is 5.50. The highest BCUT2D eigenvalue weighted by atomic mass is 19.1. The monoisotopic (exact) mass is 260 g/mol. The molecule has 0 aliphatic rings. The van der Waals surface area contributed by atoms with Crippen molar-refractivity contribution in [2.24, 2.45) is 0 Å². The van der Waals surface area contributed by atoms with Gasteiger partial charge in [0.05, 0.1) is 7.11 Å². The van der Waals surface area contributed by atoms with Crippen LogP contribution in [0.1, 0.15) is 5.56 Å². The number of rotatable bonds is 4. The summed E-state index contributed by atoms with van der Waals surface area (Å²) in [6.45, 7) is 0.687. The van der Waals surface area contributed by atoms with Crippen LogP contribution in [0.15, 0.2) is 42.5 Å². The molecule has 2 N–H and O–H groups in total. The molecule has 0 radical (unpaired) electrons. The fourth-order valence-electron chi connectivity index (χ4n) is 1.88. The summed E-state index contributed by atoms with van der Waals surface area (Å²) in [5.74, 6) is -0.103. The summed E-state index contributed by atoms with van der Waals surface area (Å²) < 4.78 is 18.5. The van der Waals surface area contributed by atoms with Crippen molar-refractivity contribution in [2.75, 3.05) is 24.8 Å². The minimum absolute atomic E-state index is 0.254. The standard InChI is InChI=1S/C15H17FN2O/c1-18(10-11-3-5-12(17)6-4-11)13-7-8-15(19-2)14(16)9-13/h3-9H,10,17H2,1-2H3. The Kier molecular flexibility index (Phi) is 3.90. The number of nitrogens with zero attached hydrogens (tertiary/aromatic N) is 1. The van der Waals surface area contributed by atoms with Crippen LogP contribution in [0.4, 0.5) is 15.8 Å². The maximum absolute atomic E-state index is 13.6. The van der Waals surface area contributed by atoms with Gasteiger partial charge in [-0.2, -0.15) is 0 Å². The van der Waals surface area contributed by atoms with Crippen LogP contribution in [0.3, 0.4) is 0 Å². The van der Waals surface area contributed by atoms with Crippen LogP contribution < -0.4 is 15.4 Å². The molecule has 3 nitrogen and oxygen atoms in total. The van der Waals surface area contributed by atoms with E-state index in [0.717, 1.165) is 16.9 Å². The second kappa shape index (κ2) is 5.61. The van der Waals surface area contributed by atoms with Gasteiger partial charge in [0.25, 0.3) is 0 Å². The molecule has 0 amide bonds. The van der Waals surface area contributed by atoms with Crippen LogP contribution in [0, 0.1) is 5.82 Å². The van der Waals surface area contributed by atoms with E-state index in [1.165, 1.54) is 13.2 Å². The lowest BCUT2D eigenvalue weighted by atomic mass is 10.2. The molecular weight excluding hydrogens is 243 g/mol. The van der Waals surface area contributed by atoms with Crippen LogP contribution in [0.25, 0.3) is 0 Å². The Hall–Kier alpha value is -2.23. The molecule has 2 aromatic carbocycles. The van der Waals surface area contributed by atoms with Crippen molar-refractivity contribution in [2.45, 2.75) is 6.54 Å². The second-order valence-corrected chi connectivity index (χ2v) is 4.42. The zero-order valence-electron chi connectivity index (χ0n) is 11.1. The van der Waals surface area contributed by atoms with Crippen molar-refractivity contribution in [3.05, 3.63) is 53.8 Å². The fourth-order valence-corrected chi connectivity index (χ4v) is 1.88. The van der Waals surface area contributed by atoms with Crippen LogP contribution in [0.5, 0.6) is 5.75 Å². The molecule has 0 unspecified atom stereocenters. The molecule has 0 spiro atoms. The van der Waals surface area contributed by atoms with Gasteiger partial charge in [0.15, 0.2) is 11.6 Å². The van der Waals surface area contributed by atoms with Crippen LogP contribution in [-0.4, -0.2) is 14.2 Å². The van der Waals surface area contributed by atoms with Gasteiger partial charge in [-0.3, -0.25) is 0 Å². The van der Waals surface area contributed by atoms with E-state index in [2.05, 4.69) is 0 Å². The lowest BCUT2D eigenvalue weighted by molar-refractivity contribution is 0.386. The predicted molar refractivity (Wildman–Crippen MR) is 75.9 cm³/mol. The number of halogens is 1. The first kappa shape index (κ1) is 13.2. The normalized spacial score (nSPS) is 10.3. The minimum atomic E-state index is -0.357. The number of hydrogen-bond donors (Lipinski definition) is 1. The molecule has 0 heterocycles. The van der Waals surface area contributed by atoms with Gasteiger partial charge in [-0.25, -0.2) is 4.39 Å². The van der Waals surface area contributed by atoms with E-state index in [1.807, 2.05) is 42.3 Å². The summed E-state index contributed by atoms with van der Waals surface area (Å²) >= 11 is 0. The number of nitrogens with two attached hydrogens (primary N) is 1. The minimum Gasteiger partial charge on any atom is -0.494 e. The first-order valence-electron chi connectivity index (χ1n) is 5.99. The van der Waals surface area contributed by atoms with Crippen LogP contribution in [-0.2, 0) is 6.54 Å². The summed E-state index contributed by atoms with van der Waals surface area (Å²) in [5, 5.41) is 0. The molecule has 0 bridgehead atoms. The Morgan fingerprint density at radius 1 is 1.16 bits per heavy atom. The van der Waals surface area contributed by atoms with Gasteiger partial charge in [0.2, 0.25) is 0 Å². The molecule has 0 atom stereocenters. The van der Waals surface area contributed by atoms with E-state index < -0.39 is 0 Å². The summed E-state index contributed by atoms with van der Waals surface area (Å²) in [4.78, 5) is 1.97. The van der Waals surface area contributed by atoms with Crippen molar-refractivity contribution >= 4 is 11.4 Å². The Morgan fingerprint density at radius 2 is 1.84 bits per heavy atom. The predicted octanol–water partition coefficient (Wildman–Crippen LogP) is 3.05. The molecule has 2 rings (SSSR count). The fraction of sp³-hybridized carbons (Fsp3) is 0.200. The molecule has 4 heteroatoms. The Morgan fingerprint density at radius 3 is 2.42 bits per heavy atom. The summed E-state index contributed by atoms with van der Waals surface area (Å²) in [6, 6.07) is 12.6. The third-order valence-corrected chi connectivity index (χ3v) is 2.98. The Labute approximate surface area is 112 Å². The lowest BCUT2D eigenvalue weighted by Crippen LogP contribution is -2.16. The smallest absolute Gasteiger partial charge is 0.167 e. The topological polar surface area (TPSA) is 38.5 Å². The summed E-state index contributed by atoms with van der Waals surface area (Å²) in [6.07, 6.45) is 0. The average molecular weight is 260 g/mol. The van der Waals surface area contributed by atoms with Gasteiger partial charge in [-0.15, -0.1) is 0 Å². The van der Waals surface area contributed by atoms with E-state index in [4.69, 9.17) is 10.5 Å². The van der Waals surface area contributed by atoms with Crippen LogP contribution >= 0.6 is 0 Å². The maximum atomic E-state index is 13.6. The molecular formula is C15H17FN2O. The van der Waals surface area contributed by atoms with E-state index in [-0.39, 0.29) is 11.6 Å². The molecule has 0 aromatic heterocycles. The molecule has 0 aliphatic heterocycles. The maximum Gasteiger partial charge on any atom is 0.167 e. The molecule has 0 aliphatic carbocycles. The second-order valence-electron chi connectivity index (χ2n) is 4.42. The summed E-state index contributed by atoms with van der Waals surface area (Å²) in [5.41, 5.74) is 8.30. The number of methoxy groups -OCH3 is 1. The number of hydrogen-bond acceptors (Lipinski definition) is 3. The number of anilines is 2. The number of nitrogen functional groups attached to an aromatic ring is 1. The van der Waals surface area contributed by atoms with Gasteiger partial charge in [0.1, 0.15) is 0 Å². The SMILES string of the molecule is COc1ccc(N(C)Cc2ccc(N)cc2)cc1F. The number of benzene rings is 2. The van der Waals surface area contributed by atoms with Crippen molar-refractivity contribution in [3.8, 4) is 5.75 Å². The van der Waals surface area contributed by atoms with E-state index >= 15 is 0 Å². The van der Waals surface area contributed by atoms with E-state index in [1.54, 1.807) is 6.07 Å². The van der Waals surface area contributed by atoms with Crippen molar-refractivity contribution in [1.82, 2.24) is 0 Å². The van der Waals surface area contributed by atoms with Crippen molar-refractivity contribution in [3.63, 3.8) is 0 Å². The Balaban J connectivity index is 2.13. The molecule has 100 valence electrons. The van der Waals surface area contributed by atoms with Crippen molar-refractivity contribution in [1.29, 1.82) is 0 Å². The van der Waals surface area contributed by atoms with E-state index in [9.17, 15) is 4.39 Å². The van der Waals surface area contributed by atoms with Gasteiger partial charge in [-0.1, -0.05) is 12.1 Å². The first-order chi connectivity index (χ1) is 9.10. The molecule has 0 fully saturated rings. The van der Waals surface area contributed by atoms with E-state index in [0.29, 0.717) is 6.54 Å². The Bertz CT molecular complexity index is 555. The highest BCUT2D eigenvalue weighted by Crippen LogP contribution is 2.23. The molecule has 0 saturated carbocycles. The highest BCUT2D eigenvalue weighted by Gasteiger charge is 2.07. The molecule has 2 aromatic rings. The molecule has 19 heavy (non-hydrogen) atoms. The van der Waals surface area contributed by atoms with Gasteiger partial charge in [0, 0.05) is 31.0 Å².